The highest BCUT2D eigenvalue weighted by molar-refractivity contribution is 7.99. The molecule has 0 spiro atoms. The van der Waals surface area contributed by atoms with Crippen molar-refractivity contribution < 1.29 is 14.3 Å². The lowest BCUT2D eigenvalue weighted by Crippen LogP contribution is -2.33. The third-order valence-corrected chi connectivity index (χ3v) is 6.33. The number of hydrogen-bond donors (Lipinski definition) is 1. The molecule has 0 atom stereocenters. The summed E-state index contributed by atoms with van der Waals surface area (Å²) < 4.78 is 12.6. The van der Waals surface area contributed by atoms with Gasteiger partial charge in [-0.15, -0.1) is 0 Å². The minimum atomic E-state index is 0.0711. The number of carbonyl (C=O) groups excluding carboxylic acids is 1. The van der Waals surface area contributed by atoms with Gasteiger partial charge in [-0.3, -0.25) is 4.79 Å². The van der Waals surface area contributed by atoms with Crippen LogP contribution in [0.5, 0.6) is 11.5 Å². The normalized spacial score (nSPS) is 14.2. The maximum Gasteiger partial charge on any atom is 0.230 e. The largest absolute Gasteiger partial charge is 0.493 e. The van der Waals surface area contributed by atoms with Gasteiger partial charge in [0.05, 0.1) is 26.2 Å². The van der Waals surface area contributed by atoms with Crippen LogP contribution in [0.2, 0.25) is 0 Å². The highest BCUT2D eigenvalue weighted by atomic mass is 32.2. The van der Waals surface area contributed by atoms with Crippen molar-refractivity contribution in [2.45, 2.75) is 43.7 Å². The van der Waals surface area contributed by atoms with Crippen molar-refractivity contribution in [1.29, 1.82) is 0 Å². The Morgan fingerprint density at radius 1 is 1.20 bits per heavy atom. The fourth-order valence-corrected chi connectivity index (χ4v) is 4.71. The average Bonchev–Trinajstić information content (AvgIpc) is 3.41. The Hall–Kier alpha value is -2.74. The second-order valence-electron chi connectivity index (χ2n) is 7.44. The first kappa shape index (κ1) is 20.5. The van der Waals surface area contributed by atoms with Crippen molar-refractivity contribution in [3.05, 3.63) is 36.2 Å². The summed E-state index contributed by atoms with van der Waals surface area (Å²) in [5, 5.41) is 8.57. The molecule has 0 bridgehead atoms. The van der Waals surface area contributed by atoms with Crippen molar-refractivity contribution >= 4 is 23.3 Å². The van der Waals surface area contributed by atoms with Gasteiger partial charge < -0.3 is 14.8 Å². The molecule has 1 saturated carbocycles. The summed E-state index contributed by atoms with van der Waals surface area (Å²) in [4.78, 5) is 17.0. The van der Waals surface area contributed by atoms with Gasteiger partial charge in [0.1, 0.15) is 5.03 Å². The van der Waals surface area contributed by atoms with Gasteiger partial charge in [-0.2, -0.15) is 5.10 Å². The molecule has 2 aromatic heterocycles. The molecule has 0 saturated heterocycles. The summed E-state index contributed by atoms with van der Waals surface area (Å²) in [7, 11) is 3.23. The van der Waals surface area contributed by atoms with Crippen LogP contribution in [-0.4, -0.2) is 46.5 Å². The first-order valence-corrected chi connectivity index (χ1v) is 11.1. The molecular weight excluding hydrogens is 400 g/mol. The van der Waals surface area contributed by atoms with E-state index in [-0.39, 0.29) is 5.91 Å². The number of carbonyl (C=O) groups is 1. The van der Waals surface area contributed by atoms with Gasteiger partial charge in [-0.1, -0.05) is 30.7 Å². The van der Waals surface area contributed by atoms with Crippen LogP contribution >= 0.6 is 11.8 Å². The fraction of sp³-hybridized carbons (Fsp3) is 0.409. The Labute approximate surface area is 180 Å². The van der Waals surface area contributed by atoms with E-state index in [1.54, 1.807) is 24.9 Å². The van der Waals surface area contributed by atoms with Crippen LogP contribution in [0.1, 0.15) is 31.4 Å². The molecule has 4 rings (SSSR count). The molecule has 158 valence electrons. The predicted octanol–water partition coefficient (Wildman–Crippen LogP) is 3.87. The Morgan fingerprint density at radius 2 is 1.97 bits per heavy atom. The summed E-state index contributed by atoms with van der Waals surface area (Å²) in [6.45, 7) is 1.95. The monoisotopic (exact) mass is 426 g/mol. The molecular formula is C22H26N4O3S. The molecule has 1 fully saturated rings. The third-order valence-electron chi connectivity index (χ3n) is 5.33. The Balaban J connectivity index is 1.59. The Kier molecular flexibility index (Phi) is 6.13. The summed E-state index contributed by atoms with van der Waals surface area (Å²) in [6, 6.07) is 8.05. The number of nitrogens with zero attached hydrogens (tertiary/aromatic N) is 3. The molecule has 0 unspecified atom stereocenters. The van der Waals surface area contributed by atoms with Gasteiger partial charge in [0, 0.05) is 17.3 Å². The maximum atomic E-state index is 12.3. The highest BCUT2D eigenvalue weighted by Crippen LogP contribution is 2.34. The van der Waals surface area contributed by atoms with E-state index in [4.69, 9.17) is 14.5 Å². The number of thioether (sulfide) groups is 1. The van der Waals surface area contributed by atoms with E-state index < -0.39 is 0 Å². The van der Waals surface area contributed by atoms with Crippen molar-refractivity contribution in [3.63, 3.8) is 0 Å². The van der Waals surface area contributed by atoms with Crippen LogP contribution in [0.15, 0.2) is 35.5 Å². The van der Waals surface area contributed by atoms with Gasteiger partial charge in [-0.25, -0.2) is 9.50 Å². The number of rotatable bonds is 7. The van der Waals surface area contributed by atoms with Crippen LogP contribution in [0.3, 0.4) is 0 Å². The lowest BCUT2D eigenvalue weighted by Gasteiger charge is -2.12. The van der Waals surface area contributed by atoms with Gasteiger partial charge in [0.25, 0.3) is 0 Å². The zero-order valence-corrected chi connectivity index (χ0v) is 18.3. The van der Waals surface area contributed by atoms with Crippen LogP contribution in [-0.2, 0) is 4.79 Å². The average molecular weight is 427 g/mol. The highest BCUT2D eigenvalue weighted by Gasteiger charge is 2.18. The number of aromatic nitrogens is 3. The van der Waals surface area contributed by atoms with Gasteiger partial charge in [0.15, 0.2) is 17.1 Å². The molecule has 30 heavy (non-hydrogen) atoms. The number of nitrogens with one attached hydrogen (secondary N) is 1. The first-order chi connectivity index (χ1) is 14.6. The van der Waals surface area contributed by atoms with Gasteiger partial charge in [0.2, 0.25) is 5.91 Å². The fourth-order valence-electron chi connectivity index (χ4n) is 3.84. The molecule has 8 heteroatoms. The third kappa shape index (κ3) is 4.23. The van der Waals surface area contributed by atoms with Crippen molar-refractivity contribution in [2.24, 2.45) is 0 Å². The number of amides is 1. The number of benzene rings is 1. The molecule has 1 amide bonds. The second-order valence-corrected chi connectivity index (χ2v) is 8.43. The zero-order valence-electron chi connectivity index (χ0n) is 17.5. The minimum Gasteiger partial charge on any atom is -0.493 e. The molecule has 1 aromatic carbocycles. The van der Waals surface area contributed by atoms with Gasteiger partial charge >= 0.3 is 0 Å². The number of methoxy groups -OCH3 is 2. The van der Waals surface area contributed by atoms with E-state index in [0.717, 1.165) is 40.3 Å². The minimum absolute atomic E-state index is 0.0711. The van der Waals surface area contributed by atoms with E-state index in [1.165, 1.54) is 24.6 Å². The van der Waals surface area contributed by atoms with Crippen molar-refractivity contribution in [1.82, 2.24) is 19.9 Å². The number of fused-ring (bicyclic) bond motifs is 1. The molecule has 0 aliphatic heterocycles. The Morgan fingerprint density at radius 3 is 2.70 bits per heavy atom. The standard InChI is InChI=1S/C22H26N4O3S/c1-14-10-21(30-13-20(27)25-16-6-4-5-7-16)26-22(24-14)17(12-23-26)15-8-9-18(28-2)19(11-15)29-3/h8-12,16H,4-7,13H2,1-3H3,(H,25,27). The number of aryl methyl sites for hydroxylation is 1. The molecule has 1 aliphatic rings. The molecule has 3 aromatic rings. The quantitative estimate of drug-likeness (QED) is 0.456. The maximum absolute atomic E-state index is 12.3. The smallest absolute Gasteiger partial charge is 0.230 e. The molecule has 0 radical (unpaired) electrons. The summed E-state index contributed by atoms with van der Waals surface area (Å²) in [5.41, 5.74) is 3.47. The van der Waals surface area contributed by atoms with E-state index in [9.17, 15) is 4.79 Å². The molecule has 1 N–H and O–H groups in total. The molecule has 7 nitrogen and oxygen atoms in total. The molecule has 1 aliphatic carbocycles. The number of hydrogen-bond acceptors (Lipinski definition) is 6. The van der Waals surface area contributed by atoms with Crippen LogP contribution in [0, 0.1) is 6.92 Å². The topological polar surface area (TPSA) is 77.8 Å². The summed E-state index contributed by atoms with van der Waals surface area (Å²) in [6.07, 6.45) is 6.38. The lowest BCUT2D eigenvalue weighted by atomic mass is 10.1. The lowest BCUT2D eigenvalue weighted by molar-refractivity contribution is -0.119. The second kappa shape index (κ2) is 8.95. The van der Waals surface area contributed by atoms with Gasteiger partial charge in [-0.05, 0) is 43.5 Å². The van der Waals surface area contributed by atoms with Crippen molar-refractivity contribution in [3.8, 4) is 22.6 Å². The van der Waals surface area contributed by atoms with E-state index in [0.29, 0.717) is 23.3 Å². The van der Waals surface area contributed by atoms with Crippen LogP contribution in [0.4, 0.5) is 0 Å². The van der Waals surface area contributed by atoms with E-state index in [2.05, 4.69) is 10.4 Å². The SMILES string of the molecule is COc1ccc(-c2cnn3c(SCC(=O)NC4CCCC4)cc(C)nc23)cc1OC. The van der Waals surface area contributed by atoms with Crippen LogP contribution in [0.25, 0.3) is 16.8 Å². The zero-order chi connectivity index (χ0) is 21.1. The summed E-state index contributed by atoms with van der Waals surface area (Å²) in [5.74, 6) is 1.76. The predicted molar refractivity (Wildman–Crippen MR) is 117 cm³/mol. The number of ether oxygens (including phenoxy) is 2. The Bertz CT molecular complexity index is 1060. The van der Waals surface area contributed by atoms with E-state index >= 15 is 0 Å². The van der Waals surface area contributed by atoms with E-state index in [1.807, 2.05) is 31.2 Å². The van der Waals surface area contributed by atoms with Crippen LogP contribution < -0.4 is 14.8 Å². The molecule has 2 heterocycles. The van der Waals surface area contributed by atoms with Crippen molar-refractivity contribution in [2.75, 3.05) is 20.0 Å². The summed E-state index contributed by atoms with van der Waals surface area (Å²) >= 11 is 1.48. The first-order valence-electron chi connectivity index (χ1n) is 10.1.